The second-order valence-corrected chi connectivity index (χ2v) is 7.82. The first-order valence-corrected chi connectivity index (χ1v) is 10.0. The van der Waals surface area contributed by atoms with Crippen molar-refractivity contribution < 1.29 is 14.3 Å². The molecule has 0 aromatic heterocycles. The van der Waals surface area contributed by atoms with E-state index in [0.29, 0.717) is 24.5 Å². The maximum Gasteiger partial charge on any atom is 0.220 e. The number of carbonyl (C=O) groups is 1. The Morgan fingerprint density at radius 3 is 2.77 bits per heavy atom. The minimum Gasteiger partial charge on any atom is -0.497 e. The van der Waals surface area contributed by atoms with Crippen LogP contribution in [-0.4, -0.2) is 55.8 Å². The summed E-state index contributed by atoms with van der Waals surface area (Å²) < 4.78 is 11.1. The first-order chi connectivity index (χ1) is 12.8. The van der Waals surface area contributed by atoms with Crippen LogP contribution in [0.15, 0.2) is 24.3 Å². The quantitative estimate of drug-likeness (QED) is 0.813. The summed E-state index contributed by atoms with van der Waals surface area (Å²) in [5.74, 6) is 1.59. The molecule has 3 fully saturated rings. The molecule has 0 radical (unpaired) electrons. The molecular formula is C21H30N2O3. The van der Waals surface area contributed by atoms with E-state index in [2.05, 4.69) is 22.3 Å². The van der Waals surface area contributed by atoms with Crippen molar-refractivity contribution in [3.8, 4) is 5.75 Å². The third-order valence-electron chi connectivity index (χ3n) is 6.27. The fourth-order valence-electron chi connectivity index (χ4n) is 4.85. The topological polar surface area (TPSA) is 50.8 Å². The Morgan fingerprint density at radius 2 is 2.04 bits per heavy atom. The van der Waals surface area contributed by atoms with Gasteiger partial charge < -0.3 is 14.8 Å². The van der Waals surface area contributed by atoms with Gasteiger partial charge in [-0.15, -0.1) is 0 Å². The maximum absolute atomic E-state index is 12.5. The number of hydrogen-bond donors (Lipinski definition) is 1. The van der Waals surface area contributed by atoms with E-state index in [9.17, 15) is 4.79 Å². The summed E-state index contributed by atoms with van der Waals surface area (Å²) in [7, 11) is 1.68. The molecule has 4 rings (SSSR count). The van der Waals surface area contributed by atoms with Crippen LogP contribution in [0.25, 0.3) is 0 Å². The van der Waals surface area contributed by atoms with Gasteiger partial charge in [0.05, 0.1) is 25.3 Å². The fourth-order valence-corrected chi connectivity index (χ4v) is 4.85. The van der Waals surface area contributed by atoms with Gasteiger partial charge in [-0.2, -0.15) is 0 Å². The van der Waals surface area contributed by atoms with Gasteiger partial charge in [0.25, 0.3) is 0 Å². The van der Waals surface area contributed by atoms with Crippen LogP contribution in [0, 0.1) is 5.92 Å². The monoisotopic (exact) mass is 358 g/mol. The van der Waals surface area contributed by atoms with E-state index >= 15 is 0 Å². The van der Waals surface area contributed by atoms with Crippen molar-refractivity contribution in [2.75, 3.05) is 26.8 Å². The number of methoxy groups -OCH3 is 1. The SMILES string of the molecule is COc1ccc(CCCC(=O)N[C@H]2[C@H]3CCO[C@H]3[C@@H]2N2CCCC2)cc1. The largest absolute Gasteiger partial charge is 0.497 e. The third-order valence-corrected chi connectivity index (χ3v) is 6.27. The maximum atomic E-state index is 12.5. The summed E-state index contributed by atoms with van der Waals surface area (Å²) in [6, 6.07) is 8.79. The van der Waals surface area contributed by atoms with E-state index < -0.39 is 0 Å². The molecule has 0 bridgehead atoms. The number of rotatable bonds is 7. The normalized spacial score (nSPS) is 30.7. The van der Waals surface area contributed by atoms with Crippen LogP contribution >= 0.6 is 0 Å². The summed E-state index contributed by atoms with van der Waals surface area (Å²) in [5.41, 5.74) is 1.25. The van der Waals surface area contributed by atoms with Crippen LogP contribution in [-0.2, 0) is 16.0 Å². The first-order valence-electron chi connectivity index (χ1n) is 10.0. The highest BCUT2D eigenvalue weighted by atomic mass is 16.5. The van der Waals surface area contributed by atoms with E-state index in [1.54, 1.807) is 7.11 Å². The average molecular weight is 358 g/mol. The highest BCUT2D eigenvalue weighted by Crippen LogP contribution is 2.42. The minimum absolute atomic E-state index is 0.193. The zero-order chi connectivity index (χ0) is 17.9. The van der Waals surface area contributed by atoms with Gasteiger partial charge >= 0.3 is 0 Å². The standard InChI is InChI=1S/C21H30N2O3/c1-25-16-9-7-15(8-10-16)5-4-6-18(24)22-19-17-11-14-26-21(17)20(19)23-12-2-3-13-23/h7-10,17,19-21H,2-6,11-14H2,1H3,(H,22,24)/t17-,19+,20-,21-/m1/s1. The van der Waals surface area contributed by atoms with Gasteiger partial charge in [0, 0.05) is 18.9 Å². The second-order valence-electron chi connectivity index (χ2n) is 7.82. The molecule has 3 aliphatic rings. The highest BCUT2D eigenvalue weighted by Gasteiger charge is 2.56. The minimum atomic E-state index is 0.193. The van der Waals surface area contributed by atoms with Crippen LogP contribution in [0.2, 0.25) is 0 Å². The molecule has 0 spiro atoms. The van der Waals surface area contributed by atoms with Crippen molar-refractivity contribution in [1.82, 2.24) is 10.2 Å². The van der Waals surface area contributed by atoms with E-state index in [4.69, 9.17) is 9.47 Å². The van der Waals surface area contributed by atoms with Gasteiger partial charge in [-0.05, 0) is 62.9 Å². The summed E-state index contributed by atoms with van der Waals surface area (Å²) in [4.78, 5) is 15.0. The lowest BCUT2D eigenvalue weighted by atomic mass is 9.70. The molecule has 142 valence electrons. The fraction of sp³-hybridized carbons (Fsp3) is 0.667. The zero-order valence-electron chi connectivity index (χ0n) is 15.7. The predicted octanol–water partition coefficient (Wildman–Crippen LogP) is 2.39. The Balaban J connectivity index is 1.25. The molecule has 2 saturated heterocycles. The number of fused-ring (bicyclic) bond motifs is 1. The van der Waals surface area contributed by atoms with Gasteiger partial charge in [0.15, 0.2) is 0 Å². The van der Waals surface area contributed by atoms with Crippen LogP contribution in [0.3, 0.4) is 0 Å². The molecule has 5 heteroatoms. The lowest BCUT2D eigenvalue weighted by Gasteiger charge is -2.51. The van der Waals surface area contributed by atoms with Crippen molar-refractivity contribution in [3.63, 3.8) is 0 Å². The van der Waals surface area contributed by atoms with Crippen molar-refractivity contribution in [1.29, 1.82) is 0 Å². The first kappa shape index (κ1) is 17.8. The molecule has 2 heterocycles. The number of benzene rings is 1. The van der Waals surface area contributed by atoms with E-state index in [0.717, 1.165) is 44.7 Å². The number of aryl methyl sites for hydroxylation is 1. The molecular weight excluding hydrogens is 328 g/mol. The molecule has 2 aliphatic heterocycles. The average Bonchev–Trinajstić information content (AvgIpc) is 3.31. The Bertz CT molecular complexity index is 607. The Kier molecular flexibility index (Phi) is 5.46. The predicted molar refractivity (Wildman–Crippen MR) is 100 cm³/mol. The summed E-state index contributed by atoms with van der Waals surface area (Å²) >= 11 is 0. The number of carbonyl (C=O) groups excluding carboxylic acids is 1. The van der Waals surface area contributed by atoms with Crippen LogP contribution < -0.4 is 10.1 Å². The molecule has 4 atom stereocenters. The molecule has 26 heavy (non-hydrogen) atoms. The van der Waals surface area contributed by atoms with Gasteiger partial charge in [-0.1, -0.05) is 12.1 Å². The number of amides is 1. The van der Waals surface area contributed by atoms with Crippen LogP contribution in [0.4, 0.5) is 0 Å². The number of likely N-dealkylation sites (tertiary alicyclic amines) is 1. The van der Waals surface area contributed by atoms with Gasteiger partial charge in [-0.3, -0.25) is 9.69 Å². The molecule has 5 nitrogen and oxygen atoms in total. The van der Waals surface area contributed by atoms with Gasteiger partial charge in [0.2, 0.25) is 5.91 Å². The lowest BCUT2D eigenvalue weighted by Crippen LogP contribution is -2.70. The van der Waals surface area contributed by atoms with Gasteiger partial charge in [-0.25, -0.2) is 0 Å². The van der Waals surface area contributed by atoms with E-state index in [1.807, 2.05) is 12.1 Å². The summed E-state index contributed by atoms with van der Waals surface area (Å²) in [5, 5.41) is 3.34. The van der Waals surface area contributed by atoms with Crippen molar-refractivity contribution in [3.05, 3.63) is 29.8 Å². The van der Waals surface area contributed by atoms with Crippen molar-refractivity contribution in [2.45, 2.75) is 56.7 Å². The molecule has 1 saturated carbocycles. The molecule has 1 aliphatic carbocycles. The number of nitrogens with one attached hydrogen (secondary N) is 1. The highest BCUT2D eigenvalue weighted by molar-refractivity contribution is 5.76. The lowest BCUT2D eigenvalue weighted by molar-refractivity contribution is -0.129. The number of nitrogens with zero attached hydrogens (tertiary/aromatic N) is 1. The van der Waals surface area contributed by atoms with Crippen LogP contribution in [0.1, 0.15) is 37.7 Å². The zero-order valence-corrected chi connectivity index (χ0v) is 15.7. The summed E-state index contributed by atoms with van der Waals surface area (Å²) in [6.07, 6.45) is 6.38. The third kappa shape index (κ3) is 3.60. The Morgan fingerprint density at radius 1 is 1.27 bits per heavy atom. The summed E-state index contributed by atoms with van der Waals surface area (Å²) in [6.45, 7) is 3.16. The molecule has 1 N–H and O–H groups in total. The molecule has 0 unspecified atom stereocenters. The molecule has 1 aromatic rings. The smallest absolute Gasteiger partial charge is 0.220 e. The Labute approximate surface area is 156 Å². The number of ether oxygens (including phenoxy) is 2. The molecule has 1 aromatic carbocycles. The van der Waals surface area contributed by atoms with Crippen molar-refractivity contribution in [2.24, 2.45) is 5.92 Å². The molecule has 1 amide bonds. The van der Waals surface area contributed by atoms with Crippen LogP contribution in [0.5, 0.6) is 5.75 Å². The van der Waals surface area contributed by atoms with Gasteiger partial charge in [0.1, 0.15) is 5.75 Å². The van der Waals surface area contributed by atoms with E-state index in [1.165, 1.54) is 18.4 Å². The van der Waals surface area contributed by atoms with Crippen molar-refractivity contribution >= 4 is 5.91 Å². The Hall–Kier alpha value is -1.59. The van der Waals surface area contributed by atoms with E-state index in [-0.39, 0.29) is 11.9 Å². The number of hydrogen-bond acceptors (Lipinski definition) is 4. The second kappa shape index (κ2) is 7.97.